The van der Waals surface area contributed by atoms with Gasteiger partial charge in [-0.3, -0.25) is 4.52 Å². The van der Waals surface area contributed by atoms with Crippen molar-refractivity contribution in [2.45, 2.75) is 26.8 Å². The van der Waals surface area contributed by atoms with Crippen molar-refractivity contribution in [3.05, 3.63) is 52.6 Å². The summed E-state index contributed by atoms with van der Waals surface area (Å²) in [4.78, 5) is 16.1. The maximum atomic E-state index is 11.8. The van der Waals surface area contributed by atoms with E-state index >= 15 is 0 Å². The number of hydrogen-bond donors (Lipinski definition) is 0. The quantitative estimate of drug-likeness (QED) is 0.717. The molecular formula is C15H16N4O3. The highest BCUT2D eigenvalue weighted by Crippen LogP contribution is 2.16. The molecule has 0 atom stereocenters. The van der Waals surface area contributed by atoms with Gasteiger partial charge in [0.1, 0.15) is 6.54 Å². The van der Waals surface area contributed by atoms with E-state index in [2.05, 4.69) is 29.1 Å². The Balaban J connectivity index is 1.88. The van der Waals surface area contributed by atoms with Crippen LogP contribution in [0.4, 0.5) is 0 Å². The molecule has 3 rings (SSSR count). The third-order valence-electron chi connectivity index (χ3n) is 3.11. The van der Waals surface area contributed by atoms with Crippen molar-refractivity contribution in [3.63, 3.8) is 0 Å². The standard InChI is InChI=1S/C15H16N4O3/c1-10(2)8-12-16-13(21-17-12)9-19-14(18-22-15(19)20)11-6-4-3-5-7-11/h3-7,10H,8-9H2,1-2H3. The molecule has 0 saturated heterocycles. The lowest BCUT2D eigenvalue weighted by molar-refractivity contribution is 0.350. The van der Waals surface area contributed by atoms with Crippen molar-refractivity contribution in [1.82, 2.24) is 19.9 Å². The fourth-order valence-electron chi connectivity index (χ4n) is 2.14. The summed E-state index contributed by atoms with van der Waals surface area (Å²) in [6, 6.07) is 9.33. The summed E-state index contributed by atoms with van der Waals surface area (Å²) < 4.78 is 11.3. The lowest BCUT2D eigenvalue weighted by Crippen LogP contribution is -2.16. The molecule has 0 spiro atoms. The Labute approximate surface area is 126 Å². The Hall–Kier alpha value is -2.70. The van der Waals surface area contributed by atoms with Crippen molar-refractivity contribution >= 4 is 0 Å². The largest absolute Gasteiger partial charge is 0.442 e. The highest BCUT2D eigenvalue weighted by atomic mass is 16.5. The highest BCUT2D eigenvalue weighted by molar-refractivity contribution is 5.54. The molecule has 0 unspecified atom stereocenters. The van der Waals surface area contributed by atoms with Crippen LogP contribution in [0.2, 0.25) is 0 Å². The molecule has 0 fully saturated rings. The lowest BCUT2D eigenvalue weighted by atomic mass is 10.1. The molecule has 0 bridgehead atoms. The molecule has 2 heterocycles. The van der Waals surface area contributed by atoms with Gasteiger partial charge in [-0.05, 0) is 5.92 Å². The molecule has 7 nitrogen and oxygen atoms in total. The Bertz CT molecular complexity index is 802. The summed E-state index contributed by atoms with van der Waals surface area (Å²) in [5.74, 6) is 1.31. The first kappa shape index (κ1) is 14.2. The maximum absolute atomic E-state index is 11.8. The van der Waals surface area contributed by atoms with E-state index in [9.17, 15) is 4.79 Å². The highest BCUT2D eigenvalue weighted by Gasteiger charge is 2.16. The molecule has 0 aliphatic heterocycles. The number of hydrogen-bond acceptors (Lipinski definition) is 6. The van der Waals surface area contributed by atoms with Crippen LogP contribution in [0.1, 0.15) is 25.6 Å². The predicted octanol–water partition coefficient (Wildman–Crippen LogP) is 2.13. The average Bonchev–Trinajstić information content (AvgIpc) is 3.08. The van der Waals surface area contributed by atoms with Crippen LogP contribution in [0.25, 0.3) is 11.4 Å². The van der Waals surface area contributed by atoms with E-state index in [0.29, 0.717) is 23.5 Å². The van der Waals surface area contributed by atoms with E-state index in [1.54, 1.807) is 0 Å². The van der Waals surface area contributed by atoms with Gasteiger partial charge in [0, 0.05) is 12.0 Å². The number of rotatable bonds is 5. The van der Waals surface area contributed by atoms with Gasteiger partial charge < -0.3 is 4.52 Å². The molecule has 2 aromatic heterocycles. The minimum atomic E-state index is -0.553. The zero-order chi connectivity index (χ0) is 15.5. The van der Waals surface area contributed by atoms with Gasteiger partial charge in [0.2, 0.25) is 5.89 Å². The van der Waals surface area contributed by atoms with Gasteiger partial charge in [-0.2, -0.15) is 4.98 Å². The molecule has 0 radical (unpaired) electrons. The minimum Gasteiger partial charge on any atom is -0.337 e. The van der Waals surface area contributed by atoms with Crippen molar-refractivity contribution in [1.29, 1.82) is 0 Å². The molecule has 0 aliphatic carbocycles. The molecular weight excluding hydrogens is 284 g/mol. The Kier molecular flexibility index (Phi) is 3.86. The molecule has 0 amide bonds. The topological polar surface area (TPSA) is 87.0 Å². The molecule has 0 N–H and O–H groups in total. The third kappa shape index (κ3) is 2.98. The first-order valence-electron chi connectivity index (χ1n) is 7.07. The van der Waals surface area contributed by atoms with Crippen molar-refractivity contribution < 1.29 is 9.05 Å². The summed E-state index contributed by atoms with van der Waals surface area (Å²) in [5.41, 5.74) is 0.787. The molecule has 3 aromatic rings. The van der Waals surface area contributed by atoms with E-state index < -0.39 is 5.76 Å². The van der Waals surface area contributed by atoms with Gasteiger partial charge in [-0.25, -0.2) is 9.36 Å². The van der Waals surface area contributed by atoms with E-state index in [-0.39, 0.29) is 6.54 Å². The number of aromatic nitrogens is 4. The first-order valence-corrected chi connectivity index (χ1v) is 7.07. The van der Waals surface area contributed by atoms with Crippen LogP contribution in [-0.4, -0.2) is 19.9 Å². The SMILES string of the molecule is CC(C)Cc1noc(Cn2c(-c3ccccc3)noc2=O)n1. The number of nitrogens with zero attached hydrogens (tertiary/aromatic N) is 4. The van der Waals surface area contributed by atoms with Crippen LogP contribution in [0.15, 0.2) is 44.2 Å². The smallest absolute Gasteiger partial charge is 0.337 e. The second-order valence-corrected chi connectivity index (χ2v) is 5.43. The molecule has 114 valence electrons. The summed E-state index contributed by atoms with van der Waals surface area (Å²) in [6.45, 7) is 4.29. The Morgan fingerprint density at radius 1 is 1.14 bits per heavy atom. The van der Waals surface area contributed by atoms with E-state index in [0.717, 1.165) is 12.0 Å². The fourth-order valence-corrected chi connectivity index (χ4v) is 2.14. The van der Waals surface area contributed by atoms with Crippen molar-refractivity contribution in [2.75, 3.05) is 0 Å². The Morgan fingerprint density at radius 3 is 2.64 bits per heavy atom. The lowest BCUT2D eigenvalue weighted by Gasteiger charge is -2.01. The zero-order valence-corrected chi connectivity index (χ0v) is 12.4. The van der Waals surface area contributed by atoms with Crippen LogP contribution in [0.3, 0.4) is 0 Å². The summed E-state index contributed by atoms with van der Waals surface area (Å²) in [6.07, 6.45) is 0.730. The summed E-state index contributed by atoms with van der Waals surface area (Å²) in [7, 11) is 0. The summed E-state index contributed by atoms with van der Waals surface area (Å²) in [5, 5.41) is 7.74. The van der Waals surface area contributed by atoms with Gasteiger partial charge in [-0.15, -0.1) is 0 Å². The van der Waals surface area contributed by atoms with Crippen molar-refractivity contribution in [2.24, 2.45) is 5.92 Å². The third-order valence-corrected chi connectivity index (χ3v) is 3.11. The second kappa shape index (κ2) is 5.97. The van der Waals surface area contributed by atoms with E-state index in [1.807, 2.05) is 30.3 Å². The van der Waals surface area contributed by atoms with E-state index in [4.69, 9.17) is 9.05 Å². The van der Waals surface area contributed by atoms with Crippen molar-refractivity contribution in [3.8, 4) is 11.4 Å². The molecule has 0 saturated carbocycles. The van der Waals surface area contributed by atoms with Gasteiger partial charge in [0.25, 0.3) is 0 Å². The van der Waals surface area contributed by atoms with Gasteiger partial charge >= 0.3 is 5.76 Å². The van der Waals surface area contributed by atoms with Gasteiger partial charge in [0.05, 0.1) is 0 Å². The minimum absolute atomic E-state index is 0.137. The second-order valence-electron chi connectivity index (χ2n) is 5.43. The molecule has 7 heteroatoms. The molecule has 0 aliphatic rings. The van der Waals surface area contributed by atoms with Gasteiger partial charge in [0.15, 0.2) is 11.6 Å². The van der Waals surface area contributed by atoms with E-state index in [1.165, 1.54) is 4.57 Å². The fraction of sp³-hybridized carbons (Fsp3) is 0.333. The average molecular weight is 300 g/mol. The zero-order valence-electron chi connectivity index (χ0n) is 12.4. The van der Waals surface area contributed by atoms with Crippen LogP contribution in [0, 0.1) is 5.92 Å². The molecule has 1 aromatic carbocycles. The monoisotopic (exact) mass is 300 g/mol. The van der Waals surface area contributed by atoms with Crippen LogP contribution in [0.5, 0.6) is 0 Å². The van der Waals surface area contributed by atoms with Crippen LogP contribution < -0.4 is 5.76 Å². The summed E-state index contributed by atoms with van der Waals surface area (Å²) >= 11 is 0. The molecule has 22 heavy (non-hydrogen) atoms. The van der Waals surface area contributed by atoms with Crippen LogP contribution >= 0.6 is 0 Å². The maximum Gasteiger partial charge on any atom is 0.442 e. The first-order chi connectivity index (χ1) is 10.6. The normalized spacial score (nSPS) is 11.2. The number of benzene rings is 1. The van der Waals surface area contributed by atoms with Crippen LogP contribution in [-0.2, 0) is 13.0 Å². The predicted molar refractivity (Wildman–Crippen MR) is 78.1 cm³/mol. The van der Waals surface area contributed by atoms with Gasteiger partial charge in [-0.1, -0.05) is 54.5 Å². The Morgan fingerprint density at radius 2 is 1.91 bits per heavy atom.